The van der Waals surface area contributed by atoms with Gasteiger partial charge in [-0.1, -0.05) is 0 Å². The number of nitrogens with zero attached hydrogens (tertiary/aromatic N) is 3. The van der Waals surface area contributed by atoms with Crippen LogP contribution < -0.4 is 5.73 Å². The quantitative estimate of drug-likeness (QED) is 0.749. The van der Waals surface area contributed by atoms with Crippen LogP contribution in [0.2, 0.25) is 0 Å². The van der Waals surface area contributed by atoms with E-state index in [1.54, 1.807) is 30.5 Å². The summed E-state index contributed by atoms with van der Waals surface area (Å²) in [5.74, 6) is 0.509. The minimum Gasteiger partial charge on any atom is -0.383 e. The van der Waals surface area contributed by atoms with Crippen LogP contribution in [0, 0.1) is 0 Å². The van der Waals surface area contributed by atoms with Crippen molar-refractivity contribution in [3.63, 3.8) is 0 Å². The van der Waals surface area contributed by atoms with Crippen LogP contribution in [0.1, 0.15) is 0 Å². The maximum atomic E-state index is 5.95. The number of anilines is 1. The molecule has 0 aliphatic carbocycles. The van der Waals surface area contributed by atoms with Crippen LogP contribution in [0.15, 0.2) is 60.0 Å². The van der Waals surface area contributed by atoms with Gasteiger partial charge in [0.05, 0.1) is 18.2 Å². The first-order chi connectivity index (χ1) is 9.79. The molecule has 0 fully saturated rings. The number of imidazole rings is 1. The molecule has 0 radical (unpaired) electrons. The molecular formula is C15H14N4S. The minimum atomic E-state index is 0.509. The number of rotatable bonds is 3. The molecule has 0 amide bonds. The number of hydrogen-bond acceptors (Lipinski definition) is 4. The van der Waals surface area contributed by atoms with Crippen molar-refractivity contribution in [1.29, 1.82) is 0 Å². The second-order valence-corrected chi connectivity index (χ2v) is 5.16. The Bertz CT molecular complexity index is 719. The fourth-order valence-electron chi connectivity index (χ4n) is 2.08. The highest BCUT2D eigenvalue weighted by Crippen LogP contribution is 2.27. The largest absolute Gasteiger partial charge is 0.383 e. The molecule has 4 nitrogen and oxygen atoms in total. The molecule has 0 saturated heterocycles. The van der Waals surface area contributed by atoms with Crippen molar-refractivity contribution in [2.45, 2.75) is 4.90 Å². The van der Waals surface area contributed by atoms with Gasteiger partial charge in [-0.05, 0) is 42.7 Å². The Morgan fingerprint density at radius 3 is 2.65 bits per heavy atom. The van der Waals surface area contributed by atoms with E-state index in [-0.39, 0.29) is 0 Å². The van der Waals surface area contributed by atoms with Crippen molar-refractivity contribution in [1.82, 2.24) is 14.5 Å². The summed E-state index contributed by atoms with van der Waals surface area (Å²) in [5, 5.41) is 0. The lowest BCUT2D eigenvalue weighted by molar-refractivity contribution is 1.06. The van der Waals surface area contributed by atoms with Crippen LogP contribution in [0.5, 0.6) is 0 Å². The molecule has 0 aliphatic rings. The molecule has 3 rings (SSSR count). The highest BCUT2D eigenvalue weighted by molar-refractivity contribution is 7.98. The lowest BCUT2D eigenvalue weighted by Gasteiger charge is -2.10. The molecule has 5 heteroatoms. The first kappa shape index (κ1) is 12.7. The number of thioether (sulfide) groups is 1. The van der Waals surface area contributed by atoms with Gasteiger partial charge in [0.2, 0.25) is 0 Å². The Balaban J connectivity index is 2.08. The van der Waals surface area contributed by atoms with Crippen molar-refractivity contribution in [2.24, 2.45) is 0 Å². The van der Waals surface area contributed by atoms with E-state index in [4.69, 9.17) is 5.73 Å². The maximum Gasteiger partial charge on any atom is 0.132 e. The van der Waals surface area contributed by atoms with Crippen molar-refractivity contribution in [3.05, 3.63) is 55.1 Å². The van der Waals surface area contributed by atoms with Crippen molar-refractivity contribution >= 4 is 17.6 Å². The van der Waals surface area contributed by atoms with E-state index in [0.29, 0.717) is 5.82 Å². The highest BCUT2D eigenvalue weighted by atomic mass is 32.2. The number of pyridine rings is 1. The number of hydrogen-bond donors (Lipinski definition) is 1. The first-order valence-corrected chi connectivity index (χ1v) is 7.39. The van der Waals surface area contributed by atoms with Gasteiger partial charge in [-0.2, -0.15) is 0 Å². The van der Waals surface area contributed by atoms with Gasteiger partial charge in [-0.25, -0.2) is 9.97 Å². The van der Waals surface area contributed by atoms with E-state index in [1.807, 2.05) is 16.7 Å². The second kappa shape index (κ2) is 5.38. The SMILES string of the molecule is CSc1ccc(-n2cncc2-c2cccnc2N)cc1. The third-order valence-corrected chi connectivity index (χ3v) is 3.85. The fraction of sp³-hybridized carbons (Fsp3) is 0.0667. The number of aromatic nitrogens is 3. The standard InChI is InChI=1S/C15H14N4S/c1-20-12-6-4-11(5-7-12)19-10-17-9-14(19)13-3-2-8-18-15(13)16/h2-10H,1H3,(H2,16,18). The molecule has 2 N–H and O–H groups in total. The van der Waals surface area contributed by atoms with E-state index in [0.717, 1.165) is 16.9 Å². The molecule has 20 heavy (non-hydrogen) atoms. The topological polar surface area (TPSA) is 56.7 Å². The zero-order valence-electron chi connectivity index (χ0n) is 11.0. The first-order valence-electron chi connectivity index (χ1n) is 6.17. The van der Waals surface area contributed by atoms with Gasteiger partial charge < -0.3 is 5.73 Å². The monoisotopic (exact) mass is 282 g/mol. The van der Waals surface area contributed by atoms with Crippen LogP contribution in [0.4, 0.5) is 5.82 Å². The van der Waals surface area contributed by atoms with Gasteiger partial charge in [-0.3, -0.25) is 4.57 Å². The van der Waals surface area contributed by atoms with Gasteiger partial charge in [0.1, 0.15) is 5.82 Å². The van der Waals surface area contributed by atoms with E-state index in [2.05, 4.69) is 40.5 Å². The Morgan fingerprint density at radius 1 is 1.15 bits per heavy atom. The Morgan fingerprint density at radius 2 is 1.95 bits per heavy atom. The van der Waals surface area contributed by atoms with Crippen molar-refractivity contribution in [3.8, 4) is 16.9 Å². The summed E-state index contributed by atoms with van der Waals surface area (Å²) in [7, 11) is 0. The molecule has 0 unspecified atom stereocenters. The molecule has 0 bridgehead atoms. The molecule has 0 aliphatic heterocycles. The van der Waals surface area contributed by atoms with E-state index >= 15 is 0 Å². The van der Waals surface area contributed by atoms with Crippen molar-refractivity contribution in [2.75, 3.05) is 12.0 Å². The minimum absolute atomic E-state index is 0.509. The third kappa shape index (κ3) is 2.28. The normalized spacial score (nSPS) is 10.7. The van der Waals surface area contributed by atoms with E-state index < -0.39 is 0 Å². The summed E-state index contributed by atoms with van der Waals surface area (Å²) in [6.07, 6.45) is 7.34. The summed E-state index contributed by atoms with van der Waals surface area (Å²) < 4.78 is 2.01. The summed E-state index contributed by atoms with van der Waals surface area (Å²) in [5.41, 5.74) is 8.83. The molecule has 0 spiro atoms. The molecule has 100 valence electrons. The number of nitrogens with two attached hydrogens (primary N) is 1. The van der Waals surface area contributed by atoms with Gasteiger partial charge >= 0.3 is 0 Å². The van der Waals surface area contributed by atoms with Gasteiger partial charge in [-0.15, -0.1) is 11.8 Å². The van der Waals surface area contributed by atoms with Gasteiger partial charge in [0.15, 0.2) is 0 Å². The zero-order chi connectivity index (χ0) is 13.9. The summed E-state index contributed by atoms with van der Waals surface area (Å²) >= 11 is 1.72. The van der Waals surface area contributed by atoms with Crippen LogP contribution in [0.3, 0.4) is 0 Å². The predicted molar refractivity (Wildman–Crippen MR) is 83.0 cm³/mol. The molecule has 0 saturated carbocycles. The Kier molecular flexibility index (Phi) is 3.43. The smallest absolute Gasteiger partial charge is 0.132 e. The zero-order valence-corrected chi connectivity index (χ0v) is 11.8. The van der Waals surface area contributed by atoms with Crippen LogP contribution in [-0.4, -0.2) is 20.8 Å². The molecule has 1 aromatic carbocycles. The summed E-state index contributed by atoms with van der Waals surface area (Å²) in [6.45, 7) is 0. The fourth-order valence-corrected chi connectivity index (χ4v) is 2.49. The van der Waals surface area contributed by atoms with Crippen molar-refractivity contribution < 1.29 is 0 Å². The lowest BCUT2D eigenvalue weighted by Crippen LogP contribution is -1.99. The van der Waals surface area contributed by atoms with E-state index in [1.165, 1.54) is 4.90 Å². The average Bonchev–Trinajstić information content (AvgIpc) is 2.97. The van der Waals surface area contributed by atoms with Gasteiger partial charge in [0, 0.05) is 22.3 Å². The third-order valence-electron chi connectivity index (χ3n) is 3.10. The van der Waals surface area contributed by atoms with E-state index in [9.17, 15) is 0 Å². The molecule has 3 aromatic rings. The van der Waals surface area contributed by atoms with Crippen LogP contribution >= 0.6 is 11.8 Å². The Hall–Kier alpha value is -2.27. The second-order valence-electron chi connectivity index (χ2n) is 4.28. The lowest BCUT2D eigenvalue weighted by atomic mass is 10.2. The Labute approximate surface area is 121 Å². The van der Waals surface area contributed by atoms with Gasteiger partial charge in [0.25, 0.3) is 0 Å². The van der Waals surface area contributed by atoms with Crippen LogP contribution in [0.25, 0.3) is 16.9 Å². The average molecular weight is 282 g/mol. The molecule has 2 heterocycles. The maximum absolute atomic E-state index is 5.95. The van der Waals surface area contributed by atoms with Crippen LogP contribution in [-0.2, 0) is 0 Å². The molecule has 0 atom stereocenters. The number of benzene rings is 1. The molecular weight excluding hydrogens is 268 g/mol. The highest BCUT2D eigenvalue weighted by Gasteiger charge is 2.10. The summed E-state index contributed by atoms with van der Waals surface area (Å²) in [4.78, 5) is 9.60. The predicted octanol–water partition coefficient (Wildman–Crippen LogP) is 3.24. The summed E-state index contributed by atoms with van der Waals surface area (Å²) in [6, 6.07) is 12.2. The molecule has 2 aromatic heterocycles. The number of nitrogen functional groups attached to an aromatic ring is 1.